The maximum absolute atomic E-state index is 13.1. The van der Waals surface area contributed by atoms with E-state index in [4.69, 9.17) is 0 Å². The number of hydrogen-bond acceptors (Lipinski definition) is 4. The smallest absolute Gasteiger partial charge is 0.273 e. The van der Waals surface area contributed by atoms with Gasteiger partial charge in [0.05, 0.1) is 0 Å². The molecule has 0 fully saturated rings. The van der Waals surface area contributed by atoms with Crippen LogP contribution in [0, 0.1) is 13.8 Å². The molecular formula is C23H26N4O. The summed E-state index contributed by atoms with van der Waals surface area (Å²) in [4.78, 5) is 23.7. The summed E-state index contributed by atoms with van der Waals surface area (Å²) < 4.78 is 0. The van der Waals surface area contributed by atoms with Crippen molar-refractivity contribution < 1.29 is 4.79 Å². The third-order valence-electron chi connectivity index (χ3n) is 4.67. The molecule has 1 heterocycles. The van der Waals surface area contributed by atoms with Crippen LogP contribution in [0.15, 0.2) is 60.8 Å². The van der Waals surface area contributed by atoms with E-state index in [-0.39, 0.29) is 11.9 Å². The van der Waals surface area contributed by atoms with Gasteiger partial charge in [0.15, 0.2) is 0 Å². The molecular weight excluding hydrogens is 348 g/mol. The molecule has 0 atom stereocenters. The average molecular weight is 374 g/mol. The molecule has 0 aliphatic carbocycles. The Morgan fingerprint density at radius 2 is 1.68 bits per heavy atom. The zero-order chi connectivity index (χ0) is 20.1. The molecule has 0 aliphatic rings. The van der Waals surface area contributed by atoms with E-state index in [9.17, 15) is 4.79 Å². The summed E-state index contributed by atoms with van der Waals surface area (Å²) in [7, 11) is 0. The van der Waals surface area contributed by atoms with Gasteiger partial charge in [-0.25, -0.2) is 9.97 Å². The van der Waals surface area contributed by atoms with Gasteiger partial charge in [0, 0.05) is 24.5 Å². The number of anilines is 2. The molecule has 28 heavy (non-hydrogen) atoms. The molecule has 1 aromatic heterocycles. The van der Waals surface area contributed by atoms with Crippen molar-refractivity contribution in [2.24, 2.45) is 0 Å². The van der Waals surface area contributed by atoms with Crippen molar-refractivity contribution in [3.05, 3.63) is 83.2 Å². The first-order valence-corrected chi connectivity index (χ1v) is 9.47. The van der Waals surface area contributed by atoms with Crippen LogP contribution in [0.2, 0.25) is 0 Å². The topological polar surface area (TPSA) is 58.1 Å². The summed E-state index contributed by atoms with van der Waals surface area (Å²) in [6.07, 6.45) is 1.62. The summed E-state index contributed by atoms with van der Waals surface area (Å²) in [6, 6.07) is 17.8. The van der Waals surface area contributed by atoms with Crippen LogP contribution in [0.1, 0.15) is 41.0 Å². The van der Waals surface area contributed by atoms with Gasteiger partial charge < -0.3 is 10.2 Å². The standard InChI is InChI=1S/C23H26N4O/c1-16(2)27(15-19-11-6-5-7-12-19)22(28)20-13-14-24-23(25-20)26-21-17(3)9-8-10-18(21)4/h5-14,16H,15H2,1-4H3,(H,24,25,26). The molecule has 5 nitrogen and oxygen atoms in total. The van der Waals surface area contributed by atoms with Crippen LogP contribution in [0.5, 0.6) is 0 Å². The molecule has 0 unspecified atom stereocenters. The first-order chi connectivity index (χ1) is 13.5. The van der Waals surface area contributed by atoms with E-state index < -0.39 is 0 Å². The van der Waals surface area contributed by atoms with Gasteiger partial charge in [-0.05, 0) is 50.5 Å². The number of nitrogens with zero attached hydrogens (tertiary/aromatic N) is 3. The van der Waals surface area contributed by atoms with Gasteiger partial charge in [-0.15, -0.1) is 0 Å². The number of carbonyl (C=O) groups is 1. The molecule has 5 heteroatoms. The minimum atomic E-state index is -0.106. The summed E-state index contributed by atoms with van der Waals surface area (Å²) in [5, 5.41) is 3.26. The van der Waals surface area contributed by atoms with Gasteiger partial charge in [-0.2, -0.15) is 0 Å². The zero-order valence-electron chi connectivity index (χ0n) is 16.8. The lowest BCUT2D eigenvalue weighted by molar-refractivity contribution is 0.0684. The van der Waals surface area contributed by atoms with E-state index in [1.54, 1.807) is 12.3 Å². The maximum atomic E-state index is 13.1. The Balaban J connectivity index is 1.84. The van der Waals surface area contributed by atoms with Crippen molar-refractivity contribution in [2.75, 3.05) is 5.32 Å². The Bertz CT molecular complexity index is 934. The number of amides is 1. The molecule has 0 saturated carbocycles. The first-order valence-electron chi connectivity index (χ1n) is 9.47. The molecule has 1 N–H and O–H groups in total. The van der Waals surface area contributed by atoms with Crippen molar-refractivity contribution in [1.29, 1.82) is 0 Å². The Kier molecular flexibility index (Phi) is 6.04. The molecule has 0 radical (unpaired) electrons. The zero-order valence-corrected chi connectivity index (χ0v) is 16.8. The number of aromatic nitrogens is 2. The normalized spacial score (nSPS) is 10.8. The van der Waals surface area contributed by atoms with Gasteiger partial charge in [-0.1, -0.05) is 48.5 Å². The third-order valence-corrected chi connectivity index (χ3v) is 4.67. The Hall–Kier alpha value is -3.21. The van der Waals surface area contributed by atoms with Crippen LogP contribution in [-0.4, -0.2) is 26.8 Å². The van der Waals surface area contributed by atoms with Crippen molar-refractivity contribution in [2.45, 2.75) is 40.3 Å². The first kappa shape index (κ1) is 19.5. The predicted octanol–water partition coefficient (Wildman–Crippen LogP) is 4.89. The van der Waals surface area contributed by atoms with E-state index in [2.05, 4.69) is 15.3 Å². The van der Waals surface area contributed by atoms with E-state index in [1.807, 2.05) is 81.1 Å². The summed E-state index contributed by atoms with van der Waals surface area (Å²) in [5.74, 6) is 0.317. The van der Waals surface area contributed by atoms with E-state index in [0.29, 0.717) is 18.2 Å². The second kappa shape index (κ2) is 8.65. The van der Waals surface area contributed by atoms with Crippen LogP contribution >= 0.6 is 0 Å². The van der Waals surface area contributed by atoms with Gasteiger partial charge in [0.25, 0.3) is 5.91 Å². The number of para-hydroxylation sites is 1. The van der Waals surface area contributed by atoms with Crippen molar-refractivity contribution in [3.8, 4) is 0 Å². The SMILES string of the molecule is Cc1cccc(C)c1Nc1nccc(C(=O)N(Cc2ccccc2)C(C)C)n1. The highest BCUT2D eigenvalue weighted by molar-refractivity contribution is 5.92. The van der Waals surface area contributed by atoms with Crippen LogP contribution < -0.4 is 5.32 Å². The highest BCUT2D eigenvalue weighted by atomic mass is 16.2. The monoisotopic (exact) mass is 374 g/mol. The minimum absolute atomic E-state index is 0.0534. The molecule has 3 aromatic rings. The molecule has 3 rings (SSSR count). The van der Waals surface area contributed by atoms with Crippen molar-refractivity contribution >= 4 is 17.5 Å². The maximum Gasteiger partial charge on any atom is 0.273 e. The van der Waals surface area contributed by atoms with Crippen LogP contribution in [0.4, 0.5) is 11.6 Å². The predicted molar refractivity (Wildman–Crippen MR) is 113 cm³/mol. The number of benzene rings is 2. The quantitative estimate of drug-likeness (QED) is 0.667. The second-order valence-electron chi connectivity index (χ2n) is 7.17. The lowest BCUT2D eigenvalue weighted by atomic mass is 10.1. The van der Waals surface area contributed by atoms with Crippen LogP contribution in [-0.2, 0) is 6.54 Å². The Morgan fingerprint density at radius 1 is 1.00 bits per heavy atom. The summed E-state index contributed by atoms with van der Waals surface area (Å²) in [6.45, 7) is 8.63. The van der Waals surface area contributed by atoms with Gasteiger partial charge >= 0.3 is 0 Å². The molecule has 0 aliphatic heterocycles. The lowest BCUT2D eigenvalue weighted by Gasteiger charge is -2.26. The van der Waals surface area contributed by atoms with Gasteiger partial charge in [-0.3, -0.25) is 4.79 Å². The third kappa shape index (κ3) is 4.55. The molecule has 144 valence electrons. The summed E-state index contributed by atoms with van der Waals surface area (Å²) in [5.41, 5.74) is 4.65. The van der Waals surface area contributed by atoms with E-state index in [0.717, 1.165) is 22.4 Å². The molecule has 0 spiro atoms. The van der Waals surface area contributed by atoms with Crippen LogP contribution in [0.3, 0.4) is 0 Å². The van der Waals surface area contributed by atoms with Crippen molar-refractivity contribution in [1.82, 2.24) is 14.9 Å². The Morgan fingerprint density at radius 3 is 2.32 bits per heavy atom. The minimum Gasteiger partial charge on any atom is -0.331 e. The fourth-order valence-electron chi connectivity index (χ4n) is 3.08. The van der Waals surface area contributed by atoms with Crippen LogP contribution in [0.25, 0.3) is 0 Å². The molecule has 0 bridgehead atoms. The number of aryl methyl sites for hydroxylation is 2. The number of nitrogens with one attached hydrogen (secondary N) is 1. The fraction of sp³-hybridized carbons (Fsp3) is 0.261. The van der Waals surface area contributed by atoms with E-state index in [1.165, 1.54) is 0 Å². The Labute approximate surface area is 166 Å². The van der Waals surface area contributed by atoms with Gasteiger partial charge in [0.1, 0.15) is 5.69 Å². The number of hydrogen-bond donors (Lipinski definition) is 1. The van der Waals surface area contributed by atoms with E-state index >= 15 is 0 Å². The second-order valence-corrected chi connectivity index (χ2v) is 7.17. The largest absolute Gasteiger partial charge is 0.331 e. The fourth-order valence-corrected chi connectivity index (χ4v) is 3.08. The molecule has 0 saturated heterocycles. The van der Waals surface area contributed by atoms with Gasteiger partial charge in [0.2, 0.25) is 5.95 Å². The molecule has 2 aromatic carbocycles. The average Bonchev–Trinajstić information content (AvgIpc) is 2.69. The highest BCUT2D eigenvalue weighted by Crippen LogP contribution is 2.22. The number of carbonyl (C=O) groups excluding carboxylic acids is 1. The summed E-state index contributed by atoms with van der Waals surface area (Å²) >= 11 is 0. The number of rotatable bonds is 6. The van der Waals surface area contributed by atoms with Crippen molar-refractivity contribution in [3.63, 3.8) is 0 Å². The molecule has 1 amide bonds. The highest BCUT2D eigenvalue weighted by Gasteiger charge is 2.21. The lowest BCUT2D eigenvalue weighted by Crippen LogP contribution is -2.37.